The van der Waals surface area contributed by atoms with E-state index >= 15 is 0 Å². The highest BCUT2D eigenvalue weighted by Crippen LogP contribution is 2.30. The summed E-state index contributed by atoms with van der Waals surface area (Å²) in [6.07, 6.45) is 0. The normalized spacial score (nSPS) is 11.2. The maximum absolute atomic E-state index is 2.26. The molecule has 0 atom stereocenters. The average molecular weight is 220 g/mol. The molecular formula is C17H16. The van der Waals surface area contributed by atoms with Gasteiger partial charge in [0.05, 0.1) is 0 Å². The first-order valence-electron chi connectivity index (χ1n) is 6.07. The number of rotatable bonds is 0. The van der Waals surface area contributed by atoms with Crippen molar-refractivity contribution in [3.63, 3.8) is 0 Å². The summed E-state index contributed by atoms with van der Waals surface area (Å²) in [5.41, 5.74) is 4.12. The molecule has 0 nitrogen and oxygen atoms in total. The van der Waals surface area contributed by atoms with E-state index in [2.05, 4.69) is 63.2 Å². The maximum Gasteiger partial charge on any atom is -0.00760 e. The highest BCUT2D eigenvalue weighted by molar-refractivity contribution is 6.10. The molecule has 84 valence electrons. The van der Waals surface area contributed by atoms with Gasteiger partial charge in [-0.3, -0.25) is 0 Å². The number of hydrogen-bond donors (Lipinski definition) is 0. The molecule has 0 unspecified atom stereocenters. The molecule has 3 aromatic rings. The van der Waals surface area contributed by atoms with Gasteiger partial charge in [-0.25, -0.2) is 0 Å². The third-order valence-electron chi connectivity index (χ3n) is 3.79. The van der Waals surface area contributed by atoms with E-state index in [4.69, 9.17) is 0 Å². The van der Waals surface area contributed by atoms with Crippen molar-refractivity contribution < 1.29 is 0 Å². The third kappa shape index (κ3) is 1.44. The summed E-state index contributed by atoms with van der Waals surface area (Å²) in [6, 6.07) is 15.5. The Bertz CT molecular complexity index is 721. The van der Waals surface area contributed by atoms with Crippen molar-refractivity contribution in [3.8, 4) is 0 Å². The minimum atomic E-state index is 1.33. The lowest BCUT2D eigenvalue weighted by molar-refractivity contribution is 1.38. The summed E-state index contributed by atoms with van der Waals surface area (Å²) in [7, 11) is 0. The maximum atomic E-state index is 2.26. The summed E-state index contributed by atoms with van der Waals surface area (Å²) in [5, 5.41) is 5.49. The number of hydrogen-bond acceptors (Lipinski definition) is 0. The monoisotopic (exact) mass is 220 g/mol. The smallest absolute Gasteiger partial charge is 0.00760 e. The first-order chi connectivity index (χ1) is 8.18. The Kier molecular flexibility index (Phi) is 2.19. The van der Waals surface area contributed by atoms with Gasteiger partial charge in [-0.05, 0) is 59.0 Å². The zero-order valence-electron chi connectivity index (χ0n) is 10.5. The molecule has 0 heteroatoms. The van der Waals surface area contributed by atoms with Gasteiger partial charge < -0.3 is 0 Å². The molecule has 0 amide bonds. The van der Waals surface area contributed by atoms with E-state index in [-0.39, 0.29) is 0 Å². The van der Waals surface area contributed by atoms with Gasteiger partial charge in [-0.2, -0.15) is 0 Å². The van der Waals surface area contributed by atoms with Crippen molar-refractivity contribution in [2.24, 2.45) is 0 Å². The highest BCUT2D eigenvalue weighted by atomic mass is 14.1. The lowest BCUT2D eigenvalue weighted by Gasteiger charge is -2.10. The summed E-state index contributed by atoms with van der Waals surface area (Å²) in [5.74, 6) is 0. The molecule has 0 radical (unpaired) electrons. The van der Waals surface area contributed by atoms with E-state index < -0.39 is 0 Å². The Morgan fingerprint density at radius 3 is 2.24 bits per heavy atom. The largest absolute Gasteiger partial charge is 0.0614 e. The van der Waals surface area contributed by atoms with Gasteiger partial charge in [0.15, 0.2) is 0 Å². The fourth-order valence-corrected chi connectivity index (χ4v) is 2.64. The van der Waals surface area contributed by atoms with E-state index in [9.17, 15) is 0 Å². The number of benzene rings is 3. The molecule has 0 aliphatic carbocycles. The standard InChI is InChI=1S/C17H16/c1-11-7-9-16-15(13(11)3)10-8-14-6-4-5-12(2)17(14)16/h4-10H,1-3H3. The van der Waals surface area contributed by atoms with Crippen LogP contribution < -0.4 is 0 Å². The Labute approximate surface area is 102 Å². The van der Waals surface area contributed by atoms with E-state index in [0.29, 0.717) is 0 Å². The lowest BCUT2D eigenvalue weighted by atomic mass is 9.94. The molecule has 3 rings (SSSR count). The number of aryl methyl sites for hydroxylation is 3. The predicted octanol–water partition coefficient (Wildman–Crippen LogP) is 4.92. The molecular weight excluding hydrogens is 204 g/mol. The van der Waals surface area contributed by atoms with Crippen molar-refractivity contribution in [1.82, 2.24) is 0 Å². The molecule has 0 bridgehead atoms. The van der Waals surface area contributed by atoms with Crippen LogP contribution >= 0.6 is 0 Å². The molecule has 0 aliphatic heterocycles. The zero-order chi connectivity index (χ0) is 12.0. The predicted molar refractivity (Wildman–Crippen MR) is 75.7 cm³/mol. The fraction of sp³-hybridized carbons (Fsp3) is 0.176. The summed E-state index contributed by atoms with van der Waals surface area (Å²) >= 11 is 0. The Hall–Kier alpha value is -1.82. The van der Waals surface area contributed by atoms with Crippen molar-refractivity contribution in [1.29, 1.82) is 0 Å². The van der Waals surface area contributed by atoms with Crippen LogP contribution in [0.2, 0.25) is 0 Å². The van der Waals surface area contributed by atoms with Crippen LogP contribution in [0.1, 0.15) is 16.7 Å². The lowest BCUT2D eigenvalue weighted by Crippen LogP contribution is -1.86. The van der Waals surface area contributed by atoms with Crippen molar-refractivity contribution in [3.05, 3.63) is 59.2 Å². The highest BCUT2D eigenvalue weighted by Gasteiger charge is 2.05. The van der Waals surface area contributed by atoms with Gasteiger partial charge in [0, 0.05) is 0 Å². The SMILES string of the molecule is Cc1ccc2c(ccc3cccc(C)c32)c1C. The third-order valence-corrected chi connectivity index (χ3v) is 3.79. The van der Waals surface area contributed by atoms with Crippen LogP contribution in [0, 0.1) is 20.8 Å². The van der Waals surface area contributed by atoms with Gasteiger partial charge >= 0.3 is 0 Å². The molecule has 0 saturated heterocycles. The van der Waals surface area contributed by atoms with E-state index in [0.717, 1.165) is 0 Å². The van der Waals surface area contributed by atoms with E-state index in [1.54, 1.807) is 0 Å². The van der Waals surface area contributed by atoms with Crippen LogP contribution in [-0.4, -0.2) is 0 Å². The van der Waals surface area contributed by atoms with E-state index in [1.807, 2.05) is 0 Å². The quantitative estimate of drug-likeness (QED) is 0.472. The van der Waals surface area contributed by atoms with Gasteiger partial charge in [0.1, 0.15) is 0 Å². The summed E-state index contributed by atoms with van der Waals surface area (Å²) in [6.45, 7) is 6.58. The van der Waals surface area contributed by atoms with Crippen LogP contribution in [0.3, 0.4) is 0 Å². The molecule has 0 fully saturated rings. The van der Waals surface area contributed by atoms with Crippen LogP contribution in [0.15, 0.2) is 42.5 Å². The summed E-state index contributed by atoms with van der Waals surface area (Å²) < 4.78 is 0. The minimum absolute atomic E-state index is 1.33. The van der Waals surface area contributed by atoms with Gasteiger partial charge in [-0.1, -0.05) is 42.5 Å². The van der Waals surface area contributed by atoms with Crippen molar-refractivity contribution >= 4 is 21.5 Å². The molecule has 0 saturated carbocycles. The Morgan fingerprint density at radius 1 is 0.647 bits per heavy atom. The van der Waals surface area contributed by atoms with Gasteiger partial charge in [0.2, 0.25) is 0 Å². The van der Waals surface area contributed by atoms with Crippen LogP contribution in [0.5, 0.6) is 0 Å². The molecule has 3 aromatic carbocycles. The molecule has 0 heterocycles. The number of fused-ring (bicyclic) bond motifs is 3. The molecule has 0 N–H and O–H groups in total. The topological polar surface area (TPSA) is 0 Å². The minimum Gasteiger partial charge on any atom is -0.0614 e. The first kappa shape index (κ1) is 10.3. The molecule has 0 aliphatic rings. The molecule has 0 spiro atoms. The second kappa shape index (κ2) is 3.59. The second-order valence-corrected chi connectivity index (χ2v) is 4.84. The first-order valence-corrected chi connectivity index (χ1v) is 6.07. The van der Waals surface area contributed by atoms with Crippen LogP contribution in [0.4, 0.5) is 0 Å². The molecule has 17 heavy (non-hydrogen) atoms. The Balaban J connectivity index is 2.61. The van der Waals surface area contributed by atoms with Crippen LogP contribution in [-0.2, 0) is 0 Å². The summed E-state index contributed by atoms with van der Waals surface area (Å²) in [4.78, 5) is 0. The zero-order valence-corrected chi connectivity index (χ0v) is 10.5. The van der Waals surface area contributed by atoms with Crippen molar-refractivity contribution in [2.75, 3.05) is 0 Å². The van der Waals surface area contributed by atoms with Crippen molar-refractivity contribution in [2.45, 2.75) is 20.8 Å². The van der Waals surface area contributed by atoms with Gasteiger partial charge in [0.25, 0.3) is 0 Å². The average Bonchev–Trinajstić information content (AvgIpc) is 2.33. The van der Waals surface area contributed by atoms with Gasteiger partial charge in [-0.15, -0.1) is 0 Å². The fourth-order valence-electron chi connectivity index (χ4n) is 2.64. The second-order valence-electron chi connectivity index (χ2n) is 4.84. The Morgan fingerprint density at radius 2 is 1.41 bits per heavy atom. The van der Waals surface area contributed by atoms with E-state index in [1.165, 1.54) is 38.2 Å². The van der Waals surface area contributed by atoms with Crippen LogP contribution in [0.25, 0.3) is 21.5 Å². The molecule has 0 aromatic heterocycles.